The van der Waals surface area contributed by atoms with Crippen LogP contribution in [0.4, 0.5) is 5.82 Å². The number of benzene rings is 2. The quantitative estimate of drug-likeness (QED) is 0.167. The number of methoxy groups -OCH3 is 2. The third kappa shape index (κ3) is 4.75. The van der Waals surface area contributed by atoms with Gasteiger partial charge in [-0.2, -0.15) is 0 Å². The van der Waals surface area contributed by atoms with Crippen molar-refractivity contribution in [1.82, 2.24) is 13.9 Å². The Labute approximate surface area is 276 Å². The summed E-state index contributed by atoms with van der Waals surface area (Å²) in [5, 5.41) is 0.528. The Hall–Kier alpha value is -5.47. The number of sulfonamides is 1. The molecule has 0 saturated heterocycles. The number of hydrogen-bond donors (Lipinski definition) is 0. The normalized spacial score (nSPS) is 20.5. The minimum atomic E-state index is -4.46. The Bertz CT molecular complexity index is 2320. The van der Waals surface area contributed by atoms with Crippen molar-refractivity contribution in [3.05, 3.63) is 139 Å². The van der Waals surface area contributed by atoms with Crippen molar-refractivity contribution < 1.29 is 35.8 Å². The molecule has 3 atom stereocenters. The fraction of sp³-hybridized carbons (Fsp3) is 0.147. The second-order valence-corrected chi connectivity index (χ2v) is 14.5. The average Bonchev–Trinajstić information content (AvgIpc) is 3.66. The van der Waals surface area contributed by atoms with Gasteiger partial charge in [0.2, 0.25) is 5.72 Å². The minimum Gasteiger partial charge on any atom is -0.469 e. The first-order valence-electron chi connectivity index (χ1n) is 14.7. The van der Waals surface area contributed by atoms with Crippen LogP contribution >= 0.6 is 0 Å². The summed E-state index contributed by atoms with van der Waals surface area (Å²) >= 11 is 0. The molecule has 7 rings (SSSR count). The standard InChI is InChI=1S/C34H28N4O8S2/c1-44-29(39)17-18-34-31(26-16-10-20-36-33(26)38(34)48(42,43)25-14-7-4-8-15-25)27(22-30(45-2)46-34)28-21-23-11-9-19-35-32(23)37(28)47(40,41)24-12-5-3-6-13-24/h3-22,27,31H,1-2H3/b18-17+/t27-,31+,34-/m0/s1. The lowest BCUT2D eigenvalue weighted by Gasteiger charge is -2.44. The molecule has 0 unspecified atom stereocenters. The van der Waals surface area contributed by atoms with Gasteiger partial charge in [-0.15, -0.1) is 0 Å². The highest BCUT2D eigenvalue weighted by molar-refractivity contribution is 7.93. The van der Waals surface area contributed by atoms with Gasteiger partial charge in [0.25, 0.3) is 26.0 Å². The lowest BCUT2D eigenvalue weighted by atomic mass is 9.77. The Kier molecular flexibility index (Phi) is 7.56. The van der Waals surface area contributed by atoms with E-state index in [1.807, 2.05) is 0 Å². The molecule has 0 amide bonds. The van der Waals surface area contributed by atoms with Crippen molar-refractivity contribution in [3.8, 4) is 0 Å². The Morgan fingerprint density at radius 3 is 2.17 bits per heavy atom. The molecule has 5 aromatic rings. The zero-order valence-electron chi connectivity index (χ0n) is 25.6. The number of hydrogen-bond acceptors (Lipinski definition) is 10. The number of ether oxygens (including phenoxy) is 3. The molecule has 3 aromatic heterocycles. The summed E-state index contributed by atoms with van der Waals surface area (Å²) in [7, 11) is -6.19. The molecule has 14 heteroatoms. The van der Waals surface area contributed by atoms with Gasteiger partial charge in [0.05, 0.1) is 29.9 Å². The second-order valence-electron chi connectivity index (χ2n) is 11.0. The van der Waals surface area contributed by atoms with Crippen molar-refractivity contribution in [2.24, 2.45) is 0 Å². The van der Waals surface area contributed by atoms with E-state index in [0.29, 0.717) is 10.9 Å². The van der Waals surface area contributed by atoms with E-state index in [2.05, 4.69) is 9.97 Å². The number of carbonyl (C=O) groups is 1. The third-order valence-electron chi connectivity index (χ3n) is 8.36. The minimum absolute atomic E-state index is 0.0241. The highest BCUT2D eigenvalue weighted by atomic mass is 32.2. The Morgan fingerprint density at radius 2 is 1.50 bits per heavy atom. The highest BCUT2D eigenvalue weighted by Gasteiger charge is 2.63. The van der Waals surface area contributed by atoms with Gasteiger partial charge < -0.3 is 14.2 Å². The molecule has 0 N–H and O–H groups in total. The Morgan fingerprint density at radius 1 is 0.854 bits per heavy atom. The summed E-state index contributed by atoms with van der Waals surface area (Å²) in [6.07, 6.45) is 6.90. The molecule has 0 saturated carbocycles. The van der Waals surface area contributed by atoms with Crippen molar-refractivity contribution in [2.45, 2.75) is 27.4 Å². The van der Waals surface area contributed by atoms with Gasteiger partial charge in [-0.05, 0) is 54.6 Å². The number of esters is 1. The molecule has 0 spiro atoms. The molecule has 5 heterocycles. The van der Waals surface area contributed by atoms with Crippen LogP contribution in [0.2, 0.25) is 0 Å². The fourth-order valence-electron chi connectivity index (χ4n) is 6.37. The molecule has 2 aromatic carbocycles. The van der Waals surface area contributed by atoms with E-state index >= 15 is 0 Å². The summed E-state index contributed by atoms with van der Waals surface area (Å²) < 4.78 is 77.3. The van der Waals surface area contributed by atoms with Crippen molar-refractivity contribution in [3.63, 3.8) is 0 Å². The zero-order valence-corrected chi connectivity index (χ0v) is 27.2. The maximum Gasteiger partial charge on any atom is 0.330 e. The predicted molar refractivity (Wildman–Crippen MR) is 175 cm³/mol. The molecule has 48 heavy (non-hydrogen) atoms. The topological polar surface area (TPSA) is 147 Å². The molecule has 0 radical (unpaired) electrons. The smallest absolute Gasteiger partial charge is 0.330 e. The van der Waals surface area contributed by atoms with Gasteiger partial charge in [-0.25, -0.2) is 39.9 Å². The molecule has 2 aliphatic rings. The first-order valence-corrected chi connectivity index (χ1v) is 17.6. The van der Waals surface area contributed by atoms with Crippen molar-refractivity contribution >= 4 is 42.9 Å². The number of nitrogens with zero attached hydrogens (tertiary/aromatic N) is 4. The fourth-order valence-corrected chi connectivity index (χ4v) is 9.59. The van der Waals surface area contributed by atoms with Crippen LogP contribution in [-0.4, -0.2) is 56.7 Å². The first kappa shape index (κ1) is 31.1. The average molecular weight is 685 g/mol. The lowest BCUT2D eigenvalue weighted by molar-refractivity contribution is -0.135. The van der Waals surface area contributed by atoms with E-state index < -0.39 is 43.6 Å². The van der Waals surface area contributed by atoms with Crippen LogP contribution in [0.5, 0.6) is 0 Å². The van der Waals surface area contributed by atoms with Gasteiger partial charge in [0, 0.05) is 47.1 Å². The number of allylic oxidation sites excluding steroid dienone is 1. The molecule has 0 fully saturated rings. The van der Waals surface area contributed by atoms with Gasteiger partial charge in [-0.3, -0.25) is 0 Å². The number of rotatable bonds is 8. The molecule has 0 aliphatic carbocycles. The summed E-state index contributed by atoms with van der Waals surface area (Å²) in [6.45, 7) is 0. The van der Waals surface area contributed by atoms with E-state index in [9.17, 15) is 21.6 Å². The van der Waals surface area contributed by atoms with E-state index in [4.69, 9.17) is 14.2 Å². The van der Waals surface area contributed by atoms with Gasteiger partial charge in [0.15, 0.2) is 5.65 Å². The Balaban J connectivity index is 1.56. The maximum atomic E-state index is 14.6. The molecule has 244 valence electrons. The summed E-state index contributed by atoms with van der Waals surface area (Å²) in [6, 6.07) is 24.1. The lowest BCUT2D eigenvalue weighted by Crippen LogP contribution is -2.55. The number of anilines is 1. The predicted octanol–water partition coefficient (Wildman–Crippen LogP) is 4.69. The molecule has 2 aliphatic heterocycles. The van der Waals surface area contributed by atoms with Crippen LogP contribution < -0.4 is 4.31 Å². The SMILES string of the molecule is COC(=O)/C=C/[C@]12OC(OC)=C[C@@H](c3cc4cccnc4n3S(=O)(=O)c3ccccc3)[C@H]1c1cccnc1N2S(=O)(=O)c1ccccc1. The monoisotopic (exact) mass is 684 g/mol. The molecular formula is C34H28N4O8S2. The van der Waals surface area contributed by atoms with Crippen molar-refractivity contribution in [2.75, 3.05) is 18.5 Å². The zero-order chi connectivity index (χ0) is 33.7. The number of carbonyl (C=O) groups excluding carboxylic acids is 1. The maximum absolute atomic E-state index is 14.6. The van der Waals surface area contributed by atoms with Crippen LogP contribution in [0.25, 0.3) is 11.0 Å². The van der Waals surface area contributed by atoms with Crippen LogP contribution in [0.1, 0.15) is 23.1 Å². The third-order valence-corrected chi connectivity index (χ3v) is 11.9. The van der Waals surface area contributed by atoms with Crippen LogP contribution in [0.15, 0.2) is 137 Å². The second kappa shape index (κ2) is 11.6. The van der Waals surface area contributed by atoms with Crippen LogP contribution in [0.3, 0.4) is 0 Å². The van der Waals surface area contributed by atoms with Gasteiger partial charge >= 0.3 is 5.97 Å². The largest absolute Gasteiger partial charge is 0.469 e. The summed E-state index contributed by atoms with van der Waals surface area (Å²) in [4.78, 5) is 21.5. The number of fused-ring (bicyclic) bond motifs is 4. The summed E-state index contributed by atoms with van der Waals surface area (Å²) in [5.41, 5.74) is -1.19. The van der Waals surface area contributed by atoms with Gasteiger partial charge in [-0.1, -0.05) is 42.5 Å². The molecular weight excluding hydrogens is 657 g/mol. The highest BCUT2D eigenvalue weighted by Crippen LogP contribution is 2.59. The number of pyridine rings is 2. The first-order chi connectivity index (χ1) is 23.1. The van der Waals surface area contributed by atoms with Crippen molar-refractivity contribution in [1.29, 1.82) is 0 Å². The van der Waals surface area contributed by atoms with Crippen LogP contribution in [0, 0.1) is 0 Å². The van der Waals surface area contributed by atoms with E-state index in [1.54, 1.807) is 72.8 Å². The van der Waals surface area contributed by atoms with Crippen LogP contribution in [-0.2, 0) is 39.1 Å². The number of aromatic nitrogens is 3. The van der Waals surface area contributed by atoms with E-state index in [1.165, 1.54) is 57.0 Å². The van der Waals surface area contributed by atoms with E-state index in [-0.39, 0.29) is 32.9 Å². The van der Waals surface area contributed by atoms with Gasteiger partial charge in [0.1, 0.15) is 5.82 Å². The summed E-state index contributed by atoms with van der Waals surface area (Å²) in [5.74, 6) is -2.81. The van der Waals surface area contributed by atoms with E-state index in [0.717, 1.165) is 14.4 Å². The molecule has 0 bridgehead atoms. The molecule has 12 nitrogen and oxygen atoms in total.